The molecule has 4 fully saturated rings. The quantitative estimate of drug-likeness (QED) is 0.777. The van der Waals surface area contributed by atoms with E-state index >= 15 is 0 Å². The maximum atomic E-state index is 3.89. The van der Waals surface area contributed by atoms with Crippen molar-refractivity contribution >= 4 is 0 Å². The van der Waals surface area contributed by atoms with Gasteiger partial charge in [0.1, 0.15) is 0 Å². The van der Waals surface area contributed by atoms with Gasteiger partial charge in [0.25, 0.3) is 0 Å². The zero-order chi connectivity index (χ0) is 12.1. The van der Waals surface area contributed by atoms with Crippen molar-refractivity contribution in [1.29, 1.82) is 0 Å². The number of hydrogen-bond donors (Lipinski definition) is 1. The van der Waals surface area contributed by atoms with Crippen LogP contribution >= 0.6 is 0 Å². The van der Waals surface area contributed by atoms with E-state index in [1.807, 2.05) is 0 Å². The molecule has 2 atom stereocenters. The molecule has 0 heterocycles. The van der Waals surface area contributed by atoms with Crippen LogP contribution in [0.4, 0.5) is 0 Å². The lowest BCUT2D eigenvalue weighted by Gasteiger charge is -2.63. The van der Waals surface area contributed by atoms with E-state index in [0.717, 1.165) is 29.7 Å². The molecule has 4 aliphatic carbocycles. The first-order valence-corrected chi connectivity index (χ1v) is 7.80. The van der Waals surface area contributed by atoms with Crippen LogP contribution in [0.5, 0.6) is 0 Å². The molecule has 0 aromatic heterocycles. The highest BCUT2D eigenvalue weighted by Gasteiger charge is 2.57. The third-order valence-corrected chi connectivity index (χ3v) is 5.58. The highest BCUT2D eigenvalue weighted by Crippen LogP contribution is 2.63. The summed E-state index contributed by atoms with van der Waals surface area (Å²) >= 11 is 0. The van der Waals surface area contributed by atoms with E-state index in [2.05, 4.69) is 26.1 Å². The fraction of sp³-hybridized carbons (Fsp3) is 1.00. The molecule has 0 aliphatic heterocycles. The van der Waals surface area contributed by atoms with Crippen LogP contribution in [-0.2, 0) is 0 Å². The summed E-state index contributed by atoms with van der Waals surface area (Å²) in [6.45, 7) is 8.28. The fourth-order valence-corrected chi connectivity index (χ4v) is 6.14. The summed E-state index contributed by atoms with van der Waals surface area (Å²) in [6.07, 6.45) is 10.6. The van der Waals surface area contributed by atoms with E-state index in [9.17, 15) is 0 Å². The minimum Gasteiger partial charge on any atom is -0.311 e. The Hall–Kier alpha value is -0.0400. The third kappa shape index (κ3) is 2.05. The van der Waals surface area contributed by atoms with E-state index in [4.69, 9.17) is 0 Å². The molecule has 4 rings (SSSR count). The first kappa shape index (κ1) is 12.0. The van der Waals surface area contributed by atoms with E-state index in [0.29, 0.717) is 5.54 Å². The SMILES string of the molecule is CCNC12CC3CC(CC(CC(C)C)(C3)C1)C2. The van der Waals surface area contributed by atoms with Gasteiger partial charge >= 0.3 is 0 Å². The Kier molecular flexibility index (Phi) is 2.81. The molecule has 17 heavy (non-hydrogen) atoms. The molecule has 0 aromatic carbocycles. The molecule has 2 unspecified atom stereocenters. The van der Waals surface area contributed by atoms with Crippen molar-refractivity contribution in [3.8, 4) is 0 Å². The summed E-state index contributed by atoms with van der Waals surface area (Å²) in [5, 5.41) is 3.89. The third-order valence-electron chi connectivity index (χ3n) is 5.58. The highest BCUT2D eigenvalue weighted by molar-refractivity contribution is 5.11. The maximum absolute atomic E-state index is 3.89. The number of rotatable bonds is 4. The van der Waals surface area contributed by atoms with E-state index in [1.165, 1.54) is 25.7 Å². The molecule has 0 amide bonds. The van der Waals surface area contributed by atoms with Gasteiger partial charge in [-0.1, -0.05) is 20.8 Å². The van der Waals surface area contributed by atoms with Gasteiger partial charge in [0, 0.05) is 5.54 Å². The molecule has 0 aromatic rings. The van der Waals surface area contributed by atoms with Gasteiger partial charge in [-0.3, -0.25) is 0 Å². The predicted octanol–water partition coefficient (Wildman–Crippen LogP) is 3.98. The summed E-state index contributed by atoms with van der Waals surface area (Å²) < 4.78 is 0. The monoisotopic (exact) mass is 235 g/mol. The summed E-state index contributed by atoms with van der Waals surface area (Å²) in [4.78, 5) is 0. The Labute approximate surface area is 107 Å². The second-order valence-corrected chi connectivity index (χ2v) is 7.87. The van der Waals surface area contributed by atoms with Gasteiger partial charge in [-0.05, 0) is 74.7 Å². The Morgan fingerprint density at radius 2 is 1.76 bits per heavy atom. The van der Waals surface area contributed by atoms with Crippen LogP contribution in [0, 0.1) is 23.2 Å². The van der Waals surface area contributed by atoms with Crippen molar-refractivity contribution in [2.45, 2.75) is 71.3 Å². The fourth-order valence-electron chi connectivity index (χ4n) is 6.14. The molecule has 1 N–H and O–H groups in total. The molecular weight excluding hydrogens is 206 g/mol. The first-order chi connectivity index (χ1) is 8.05. The van der Waals surface area contributed by atoms with E-state index < -0.39 is 0 Å². The first-order valence-electron chi connectivity index (χ1n) is 7.80. The van der Waals surface area contributed by atoms with Gasteiger partial charge < -0.3 is 5.32 Å². The van der Waals surface area contributed by atoms with Crippen molar-refractivity contribution in [3.05, 3.63) is 0 Å². The summed E-state index contributed by atoms with van der Waals surface area (Å²) in [5.41, 5.74) is 1.27. The van der Waals surface area contributed by atoms with Gasteiger partial charge in [0.05, 0.1) is 0 Å². The Bertz CT molecular complexity index is 274. The normalized spacial score (nSPS) is 48.0. The second-order valence-electron chi connectivity index (χ2n) is 7.87. The molecule has 0 spiro atoms. The Balaban J connectivity index is 1.84. The van der Waals surface area contributed by atoms with E-state index in [-0.39, 0.29) is 0 Å². The van der Waals surface area contributed by atoms with Crippen LogP contribution in [0.15, 0.2) is 0 Å². The van der Waals surface area contributed by atoms with Crippen LogP contribution in [0.2, 0.25) is 0 Å². The molecule has 0 saturated heterocycles. The standard InChI is InChI=1S/C16H29N/c1-4-17-16-9-13-5-14(10-16)8-15(7-13,11-16)6-12(2)3/h12-14,17H,4-11H2,1-3H3. The number of hydrogen-bond acceptors (Lipinski definition) is 1. The summed E-state index contributed by atoms with van der Waals surface area (Å²) in [6, 6.07) is 0. The molecular formula is C16H29N. The topological polar surface area (TPSA) is 12.0 Å². The minimum atomic E-state index is 0.549. The molecule has 4 saturated carbocycles. The molecule has 98 valence electrons. The van der Waals surface area contributed by atoms with Gasteiger partial charge in [-0.15, -0.1) is 0 Å². The van der Waals surface area contributed by atoms with Crippen molar-refractivity contribution < 1.29 is 0 Å². The average Bonchev–Trinajstić information content (AvgIpc) is 2.11. The van der Waals surface area contributed by atoms with Gasteiger partial charge in [0.2, 0.25) is 0 Å². The van der Waals surface area contributed by atoms with Gasteiger partial charge in [-0.2, -0.15) is 0 Å². The molecule has 0 radical (unpaired) electrons. The number of nitrogens with one attached hydrogen (secondary N) is 1. The Morgan fingerprint density at radius 1 is 1.12 bits per heavy atom. The van der Waals surface area contributed by atoms with Crippen molar-refractivity contribution in [3.63, 3.8) is 0 Å². The molecule has 4 aliphatic rings. The van der Waals surface area contributed by atoms with Crippen LogP contribution in [0.25, 0.3) is 0 Å². The van der Waals surface area contributed by atoms with Crippen LogP contribution in [-0.4, -0.2) is 12.1 Å². The highest BCUT2D eigenvalue weighted by atomic mass is 15.0. The minimum absolute atomic E-state index is 0.549. The Morgan fingerprint density at radius 3 is 2.29 bits per heavy atom. The maximum Gasteiger partial charge on any atom is 0.0192 e. The van der Waals surface area contributed by atoms with Crippen molar-refractivity contribution in [2.24, 2.45) is 23.2 Å². The summed E-state index contributed by atoms with van der Waals surface area (Å²) in [5.74, 6) is 2.98. The lowest BCUT2D eigenvalue weighted by molar-refractivity contribution is -0.0898. The second kappa shape index (κ2) is 3.98. The zero-order valence-corrected chi connectivity index (χ0v) is 11.9. The summed E-state index contributed by atoms with van der Waals surface area (Å²) in [7, 11) is 0. The van der Waals surface area contributed by atoms with Crippen LogP contribution in [0.1, 0.15) is 65.7 Å². The van der Waals surface area contributed by atoms with Crippen LogP contribution < -0.4 is 5.32 Å². The molecule has 4 bridgehead atoms. The van der Waals surface area contributed by atoms with Crippen molar-refractivity contribution in [1.82, 2.24) is 5.32 Å². The predicted molar refractivity (Wildman–Crippen MR) is 73.0 cm³/mol. The van der Waals surface area contributed by atoms with Gasteiger partial charge in [0.15, 0.2) is 0 Å². The molecule has 1 nitrogen and oxygen atoms in total. The average molecular weight is 235 g/mol. The smallest absolute Gasteiger partial charge is 0.0192 e. The lowest BCUT2D eigenvalue weighted by Crippen LogP contribution is -2.62. The van der Waals surface area contributed by atoms with Crippen molar-refractivity contribution in [2.75, 3.05) is 6.54 Å². The lowest BCUT2D eigenvalue weighted by atomic mass is 9.45. The zero-order valence-electron chi connectivity index (χ0n) is 11.9. The molecule has 1 heteroatoms. The van der Waals surface area contributed by atoms with Gasteiger partial charge in [-0.25, -0.2) is 0 Å². The largest absolute Gasteiger partial charge is 0.311 e. The van der Waals surface area contributed by atoms with E-state index in [1.54, 1.807) is 19.3 Å². The van der Waals surface area contributed by atoms with Crippen LogP contribution in [0.3, 0.4) is 0 Å².